The highest BCUT2D eigenvalue weighted by Gasteiger charge is 2.21. The van der Waals surface area contributed by atoms with Crippen molar-refractivity contribution in [3.63, 3.8) is 0 Å². The van der Waals surface area contributed by atoms with Crippen molar-refractivity contribution in [3.8, 4) is 11.5 Å². The van der Waals surface area contributed by atoms with Crippen molar-refractivity contribution in [1.82, 2.24) is 10.2 Å². The number of nitrogens with one attached hydrogen (secondary N) is 1. The van der Waals surface area contributed by atoms with Crippen LogP contribution in [0.25, 0.3) is 0 Å². The number of carboxylic acid groups (broad SMARTS) is 1. The number of amides is 2. The summed E-state index contributed by atoms with van der Waals surface area (Å²) in [5.74, 6) is -0.448. The van der Waals surface area contributed by atoms with Gasteiger partial charge in [0.25, 0.3) is 0 Å². The third kappa shape index (κ3) is 8.72. The van der Waals surface area contributed by atoms with E-state index in [0.717, 1.165) is 11.1 Å². The molecule has 0 bridgehead atoms. The zero-order valence-electron chi connectivity index (χ0n) is 21.9. The summed E-state index contributed by atoms with van der Waals surface area (Å²) in [4.78, 5) is 38.1. The average Bonchev–Trinajstić information content (AvgIpc) is 2.97. The molecule has 10 heteroatoms. The predicted molar refractivity (Wildman–Crippen MR) is 149 cm³/mol. The van der Waals surface area contributed by atoms with Gasteiger partial charge in [0, 0.05) is 36.5 Å². The van der Waals surface area contributed by atoms with Crippen molar-refractivity contribution in [2.45, 2.75) is 31.9 Å². The molecule has 1 saturated heterocycles. The molecule has 1 aliphatic rings. The van der Waals surface area contributed by atoms with Gasteiger partial charge in [-0.3, -0.25) is 4.79 Å². The van der Waals surface area contributed by atoms with E-state index in [-0.39, 0.29) is 18.7 Å². The number of morpholine rings is 1. The van der Waals surface area contributed by atoms with Crippen LogP contribution >= 0.6 is 11.6 Å². The van der Waals surface area contributed by atoms with Crippen molar-refractivity contribution in [2.75, 3.05) is 26.3 Å². The molecule has 40 heavy (non-hydrogen) atoms. The van der Waals surface area contributed by atoms with Crippen molar-refractivity contribution in [3.05, 3.63) is 94.5 Å². The number of aliphatic carboxylic acids is 1. The SMILES string of the molecule is O=C(CCc1ccc(OCc2ccccc2Cl)cc1)N[C@@H](Cc1ccc(OC(=O)N2CCOCC2)cc1)C(=O)O. The van der Waals surface area contributed by atoms with Gasteiger partial charge < -0.3 is 29.5 Å². The summed E-state index contributed by atoms with van der Waals surface area (Å²) in [6.45, 7) is 2.24. The fraction of sp³-hybridized carbons (Fsp3) is 0.300. The standard InChI is InChI=1S/C30H31ClN2O7/c31-26-4-2-1-3-23(26)20-39-24-10-5-21(6-11-24)9-14-28(34)32-27(29(35)36)19-22-7-12-25(13-8-22)40-30(37)33-15-17-38-18-16-33/h1-8,10-13,27H,9,14-20H2,(H,32,34)(H,35,36)/t27-/m0/s1. The van der Waals surface area contributed by atoms with E-state index >= 15 is 0 Å². The molecule has 1 fully saturated rings. The van der Waals surface area contributed by atoms with Gasteiger partial charge in [0.15, 0.2) is 0 Å². The summed E-state index contributed by atoms with van der Waals surface area (Å²) in [5.41, 5.74) is 2.50. The number of carbonyl (C=O) groups excluding carboxylic acids is 2. The Labute approximate surface area is 237 Å². The quantitative estimate of drug-likeness (QED) is 0.351. The van der Waals surface area contributed by atoms with Gasteiger partial charge in [0.05, 0.1) is 13.2 Å². The van der Waals surface area contributed by atoms with E-state index in [2.05, 4.69) is 5.32 Å². The van der Waals surface area contributed by atoms with Crippen LogP contribution in [0.3, 0.4) is 0 Å². The van der Waals surface area contributed by atoms with Gasteiger partial charge in [-0.15, -0.1) is 0 Å². The molecule has 0 saturated carbocycles. The van der Waals surface area contributed by atoms with Gasteiger partial charge in [0.2, 0.25) is 5.91 Å². The van der Waals surface area contributed by atoms with E-state index in [0.29, 0.717) is 61.4 Å². The Balaban J connectivity index is 1.22. The van der Waals surface area contributed by atoms with E-state index < -0.39 is 18.1 Å². The molecular weight excluding hydrogens is 536 g/mol. The second-order valence-corrected chi connectivity index (χ2v) is 9.71. The first-order valence-electron chi connectivity index (χ1n) is 13.0. The molecule has 0 unspecified atom stereocenters. The number of nitrogens with zero attached hydrogens (tertiary/aromatic N) is 1. The minimum Gasteiger partial charge on any atom is -0.489 e. The average molecular weight is 567 g/mol. The minimum absolute atomic E-state index is 0.0935. The normalized spacial score (nSPS) is 13.8. The van der Waals surface area contributed by atoms with Gasteiger partial charge in [-0.05, 0) is 47.9 Å². The number of benzene rings is 3. The number of carbonyl (C=O) groups is 3. The van der Waals surface area contributed by atoms with Crippen molar-refractivity contribution in [1.29, 1.82) is 0 Å². The summed E-state index contributed by atoms with van der Waals surface area (Å²) < 4.78 is 16.4. The summed E-state index contributed by atoms with van der Waals surface area (Å²) >= 11 is 6.16. The lowest BCUT2D eigenvalue weighted by Gasteiger charge is -2.25. The highest BCUT2D eigenvalue weighted by atomic mass is 35.5. The Bertz CT molecular complexity index is 1290. The van der Waals surface area contributed by atoms with Crippen LogP contribution in [0.15, 0.2) is 72.8 Å². The third-order valence-electron chi connectivity index (χ3n) is 6.39. The fourth-order valence-electron chi connectivity index (χ4n) is 4.09. The molecule has 9 nitrogen and oxygen atoms in total. The molecule has 0 spiro atoms. The Hall–Kier alpha value is -4.08. The maximum atomic E-state index is 12.5. The lowest BCUT2D eigenvalue weighted by molar-refractivity contribution is -0.141. The van der Waals surface area contributed by atoms with E-state index in [1.807, 2.05) is 48.5 Å². The van der Waals surface area contributed by atoms with Crippen molar-refractivity contribution < 1.29 is 33.7 Å². The first kappa shape index (κ1) is 28.9. The maximum absolute atomic E-state index is 12.5. The lowest BCUT2D eigenvalue weighted by Crippen LogP contribution is -2.42. The third-order valence-corrected chi connectivity index (χ3v) is 6.76. The van der Waals surface area contributed by atoms with Crippen molar-refractivity contribution in [2.24, 2.45) is 0 Å². The first-order chi connectivity index (χ1) is 19.4. The Morgan fingerprint density at radius 3 is 2.25 bits per heavy atom. The Morgan fingerprint density at radius 2 is 1.57 bits per heavy atom. The highest BCUT2D eigenvalue weighted by Crippen LogP contribution is 2.20. The molecule has 0 radical (unpaired) electrons. The number of hydrogen-bond donors (Lipinski definition) is 2. The number of rotatable bonds is 11. The largest absolute Gasteiger partial charge is 0.489 e. The number of ether oxygens (including phenoxy) is 3. The van der Waals surface area contributed by atoms with Gasteiger partial charge in [0.1, 0.15) is 24.1 Å². The van der Waals surface area contributed by atoms with E-state index in [4.69, 9.17) is 25.8 Å². The zero-order valence-corrected chi connectivity index (χ0v) is 22.6. The van der Waals surface area contributed by atoms with E-state index in [9.17, 15) is 19.5 Å². The summed E-state index contributed by atoms with van der Waals surface area (Å²) in [7, 11) is 0. The minimum atomic E-state index is -1.13. The number of carboxylic acids is 1. The van der Waals surface area contributed by atoms with Gasteiger partial charge in [-0.2, -0.15) is 0 Å². The second kappa shape index (κ2) is 14.3. The van der Waals surface area contributed by atoms with E-state index in [1.165, 1.54) is 0 Å². The monoisotopic (exact) mass is 566 g/mol. The highest BCUT2D eigenvalue weighted by molar-refractivity contribution is 6.31. The molecule has 4 rings (SSSR count). The van der Waals surface area contributed by atoms with Crippen LogP contribution in [0.5, 0.6) is 11.5 Å². The van der Waals surface area contributed by atoms with E-state index in [1.54, 1.807) is 29.2 Å². The smallest absolute Gasteiger partial charge is 0.415 e. The van der Waals surface area contributed by atoms with Gasteiger partial charge in [-0.1, -0.05) is 54.1 Å². The van der Waals surface area contributed by atoms with Crippen LogP contribution in [-0.2, 0) is 33.8 Å². The summed E-state index contributed by atoms with van der Waals surface area (Å²) in [6.07, 6.45) is 0.230. The van der Waals surface area contributed by atoms with Crippen LogP contribution in [0.4, 0.5) is 4.79 Å². The molecular formula is C30H31ClN2O7. The molecule has 0 aliphatic carbocycles. The molecule has 1 atom stereocenters. The predicted octanol–water partition coefficient (Wildman–Crippen LogP) is 4.49. The number of aryl methyl sites for hydroxylation is 1. The van der Waals surface area contributed by atoms with Crippen LogP contribution in [0, 0.1) is 0 Å². The molecule has 210 valence electrons. The molecule has 3 aromatic rings. The van der Waals surface area contributed by atoms with Gasteiger partial charge >= 0.3 is 12.1 Å². The second-order valence-electron chi connectivity index (χ2n) is 9.30. The molecule has 0 aromatic heterocycles. The van der Waals surface area contributed by atoms with Crippen LogP contribution < -0.4 is 14.8 Å². The summed E-state index contributed by atoms with van der Waals surface area (Å²) in [5, 5.41) is 12.9. The Kier molecular flexibility index (Phi) is 10.4. The molecule has 3 aromatic carbocycles. The molecule has 1 aliphatic heterocycles. The molecule has 1 heterocycles. The van der Waals surface area contributed by atoms with Crippen LogP contribution in [0.1, 0.15) is 23.1 Å². The summed E-state index contributed by atoms with van der Waals surface area (Å²) in [6, 6.07) is 20.4. The topological polar surface area (TPSA) is 114 Å². The zero-order chi connectivity index (χ0) is 28.3. The fourth-order valence-corrected chi connectivity index (χ4v) is 4.28. The number of halogens is 1. The lowest BCUT2D eigenvalue weighted by atomic mass is 10.0. The molecule has 2 N–H and O–H groups in total. The Morgan fingerprint density at radius 1 is 0.925 bits per heavy atom. The van der Waals surface area contributed by atoms with Crippen LogP contribution in [-0.4, -0.2) is 60.3 Å². The maximum Gasteiger partial charge on any atom is 0.415 e. The van der Waals surface area contributed by atoms with Crippen molar-refractivity contribution >= 4 is 29.6 Å². The van der Waals surface area contributed by atoms with Gasteiger partial charge in [-0.25, -0.2) is 9.59 Å². The molecule has 2 amide bonds. The first-order valence-corrected chi connectivity index (χ1v) is 13.4. The van der Waals surface area contributed by atoms with Crippen LogP contribution in [0.2, 0.25) is 5.02 Å². The number of hydrogen-bond acceptors (Lipinski definition) is 6.